The number of hydrogen-bond donors (Lipinski definition) is 0. The van der Waals surface area contributed by atoms with Gasteiger partial charge in [-0.25, -0.2) is 44.9 Å². The summed E-state index contributed by atoms with van der Waals surface area (Å²) < 4.78 is 18.8. The van der Waals surface area contributed by atoms with Crippen LogP contribution in [0.5, 0.6) is 0 Å². The lowest BCUT2D eigenvalue weighted by Gasteiger charge is -2.30. The van der Waals surface area contributed by atoms with Crippen molar-refractivity contribution in [3.63, 3.8) is 0 Å². The van der Waals surface area contributed by atoms with E-state index in [0.29, 0.717) is 69.3 Å². The molecule has 4 aromatic rings. The highest BCUT2D eigenvalue weighted by Crippen LogP contribution is 2.39. The van der Waals surface area contributed by atoms with Crippen molar-refractivity contribution in [2.24, 2.45) is 15.0 Å². The molecule has 12 heteroatoms. The predicted molar refractivity (Wildman–Crippen MR) is 197 cm³/mol. The number of hydrogen-bond acceptors (Lipinski definition) is 12. The molecule has 3 aliphatic heterocycles. The van der Waals surface area contributed by atoms with Crippen LogP contribution < -0.4 is 0 Å². The molecule has 0 saturated heterocycles. The molecule has 0 aromatic carbocycles. The van der Waals surface area contributed by atoms with Gasteiger partial charge in [-0.15, -0.1) is 0 Å². The van der Waals surface area contributed by atoms with E-state index in [0.717, 1.165) is 0 Å². The third-order valence-electron chi connectivity index (χ3n) is 10.8. The molecule has 7 heterocycles. The molecular formula is C39H45N9O3. The Morgan fingerprint density at radius 1 is 0.333 bits per heavy atom. The molecule has 7 rings (SSSR count). The van der Waals surface area contributed by atoms with Crippen LogP contribution in [0, 0.1) is 0 Å². The van der Waals surface area contributed by atoms with Crippen LogP contribution in [0.2, 0.25) is 0 Å². The number of nitrogens with zero attached hydrogens (tertiary/aromatic N) is 9. The van der Waals surface area contributed by atoms with Gasteiger partial charge in [-0.3, -0.25) is 0 Å². The Bertz CT molecular complexity index is 1910. The minimum Gasteiger partial charge on any atom is -0.468 e. The second-order valence-corrected chi connectivity index (χ2v) is 16.3. The Balaban J connectivity index is 1.35. The summed E-state index contributed by atoms with van der Waals surface area (Å²) in [6.45, 7) is 24.4. The van der Waals surface area contributed by atoms with E-state index < -0.39 is 33.4 Å². The SMILES string of the molecule is CC1(C)N=C(c2cccc(-c3nc(-c4cccc(C5=NC(C)(C)C(C)(C)O5)n4)nc(-c4cccc(C5=NC(C)(C)C(C)(C)O5)n4)n3)n2)OC1(C)C. The summed E-state index contributed by atoms with van der Waals surface area (Å²) in [6.07, 6.45) is 0. The number of ether oxygens (including phenoxy) is 3. The Kier molecular flexibility index (Phi) is 7.53. The molecule has 0 bridgehead atoms. The van der Waals surface area contributed by atoms with Gasteiger partial charge in [0.2, 0.25) is 17.7 Å². The molecule has 0 saturated carbocycles. The smallest absolute Gasteiger partial charge is 0.236 e. The monoisotopic (exact) mass is 687 g/mol. The number of aliphatic imine (C=N–C) groups is 3. The standard InChI is InChI=1S/C39H45N9O3/c1-34(2)37(7,8)49-31(46-34)25-19-13-16-22(40-25)28-43-29(23-17-14-20-26(41-23)32-47-35(3,4)38(9,10)50-32)45-30(44-28)24-18-15-21-27(42-24)33-48-36(5,6)39(11,12)51-33/h13-21H,1-12H3. The zero-order valence-corrected chi connectivity index (χ0v) is 31.4. The lowest BCUT2D eigenvalue weighted by atomic mass is 9.87. The van der Waals surface area contributed by atoms with Crippen LogP contribution in [0.3, 0.4) is 0 Å². The molecule has 264 valence electrons. The summed E-state index contributed by atoms with van der Waals surface area (Å²) in [5, 5.41) is 0. The second kappa shape index (κ2) is 11.2. The normalized spacial score (nSPS) is 21.5. The van der Waals surface area contributed by atoms with Crippen molar-refractivity contribution in [1.29, 1.82) is 0 Å². The summed E-state index contributed by atoms with van der Waals surface area (Å²) in [5.41, 5.74) is 0.467. The van der Waals surface area contributed by atoms with Crippen molar-refractivity contribution in [2.45, 2.75) is 117 Å². The Labute approximate surface area is 299 Å². The van der Waals surface area contributed by atoms with Crippen molar-refractivity contribution in [3.05, 3.63) is 71.7 Å². The maximum absolute atomic E-state index is 6.28. The van der Waals surface area contributed by atoms with E-state index in [9.17, 15) is 0 Å². The molecule has 12 nitrogen and oxygen atoms in total. The fraction of sp³-hybridized carbons (Fsp3) is 0.462. The quantitative estimate of drug-likeness (QED) is 0.208. The van der Waals surface area contributed by atoms with Crippen LogP contribution >= 0.6 is 0 Å². The van der Waals surface area contributed by atoms with E-state index in [4.69, 9.17) is 59.1 Å². The van der Waals surface area contributed by atoms with Crippen molar-refractivity contribution in [2.75, 3.05) is 0 Å². The largest absolute Gasteiger partial charge is 0.468 e. The Morgan fingerprint density at radius 3 is 0.784 bits per heavy atom. The van der Waals surface area contributed by atoms with Gasteiger partial charge in [0.05, 0.1) is 16.6 Å². The van der Waals surface area contributed by atoms with Gasteiger partial charge < -0.3 is 14.2 Å². The van der Waals surface area contributed by atoms with Crippen molar-refractivity contribution in [3.8, 4) is 34.6 Å². The van der Waals surface area contributed by atoms with E-state index in [-0.39, 0.29) is 0 Å². The summed E-state index contributed by atoms with van der Waals surface area (Å²) >= 11 is 0. The van der Waals surface area contributed by atoms with Gasteiger partial charge in [0, 0.05) is 0 Å². The molecule has 0 fully saturated rings. The van der Waals surface area contributed by atoms with Crippen LogP contribution in [0.4, 0.5) is 0 Å². The first-order valence-corrected chi connectivity index (χ1v) is 17.2. The third-order valence-corrected chi connectivity index (χ3v) is 10.8. The maximum atomic E-state index is 6.28. The summed E-state index contributed by atoms with van der Waals surface area (Å²) in [7, 11) is 0. The van der Waals surface area contributed by atoms with Gasteiger partial charge in [0.25, 0.3) is 0 Å². The van der Waals surface area contributed by atoms with Gasteiger partial charge in [-0.1, -0.05) is 18.2 Å². The van der Waals surface area contributed by atoms with E-state index in [1.54, 1.807) is 0 Å². The minimum atomic E-state index is -0.504. The van der Waals surface area contributed by atoms with Gasteiger partial charge >= 0.3 is 0 Å². The van der Waals surface area contributed by atoms with Crippen LogP contribution in [-0.4, -0.2) is 81.0 Å². The Hall–Kier alpha value is -5.13. The van der Waals surface area contributed by atoms with Gasteiger partial charge in [0.1, 0.15) is 51.0 Å². The first-order valence-electron chi connectivity index (χ1n) is 17.2. The number of rotatable bonds is 6. The van der Waals surface area contributed by atoms with E-state index >= 15 is 0 Å². The summed E-state index contributed by atoms with van der Waals surface area (Å²) in [6, 6.07) is 16.8. The van der Waals surface area contributed by atoms with E-state index in [1.165, 1.54) is 0 Å². The topological polar surface area (TPSA) is 142 Å². The molecule has 0 unspecified atom stereocenters. The van der Waals surface area contributed by atoms with Crippen LogP contribution in [0.15, 0.2) is 69.6 Å². The van der Waals surface area contributed by atoms with Gasteiger partial charge in [-0.05, 0) is 119 Å². The maximum Gasteiger partial charge on any atom is 0.236 e. The van der Waals surface area contributed by atoms with Gasteiger partial charge in [0.15, 0.2) is 17.5 Å². The van der Waals surface area contributed by atoms with Crippen molar-refractivity contribution < 1.29 is 14.2 Å². The lowest BCUT2D eigenvalue weighted by molar-refractivity contribution is 0.0616. The molecular weight excluding hydrogens is 642 g/mol. The third kappa shape index (κ3) is 5.94. The van der Waals surface area contributed by atoms with Gasteiger partial charge in [-0.2, -0.15) is 0 Å². The fourth-order valence-electron chi connectivity index (χ4n) is 5.42. The highest BCUT2D eigenvalue weighted by Gasteiger charge is 2.48. The molecule has 0 amide bonds. The minimum absolute atomic E-state index is 0.335. The number of aromatic nitrogens is 6. The molecule has 0 radical (unpaired) electrons. The zero-order valence-electron chi connectivity index (χ0n) is 31.4. The molecule has 51 heavy (non-hydrogen) atoms. The lowest BCUT2D eigenvalue weighted by Crippen LogP contribution is -2.41. The average molecular weight is 688 g/mol. The summed E-state index contributed by atoms with van der Waals surface area (Å²) in [4.78, 5) is 44.0. The van der Waals surface area contributed by atoms with Crippen LogP contribution in [-0.2, 0) is 14.2 Å². The van der Waals surface area contributed by atoms with E-state index in [2.05, 4.69) is 0 Å². The second-order valence-electron chi connectivity index (χ2n) is 16.3. The fourth-order valence-corrected chi connectivity index (χ4v) is 5.42. The predicted octanol–water partition coefficient (Wildman–Crippen LogP) is 7.06. The molecule has 3 aliphatic rings. The number of pyridine rings is 3. The summed E-state index contributed by atoms with van der Waals surface area (Å²) in [5.74, 6) is 2.41. The first-order chi connectivity index (χ1) is 23.7. The van der Waals surface area contributed by atoms with Crippen LogP contribution in [0.25, 0.3) is 34.6 Å². The Morgan fingerprint density at radius 2 is 0.569 bits per heavy atom. The average Bonchev–Trinajstić information content (AvgIpc) is 3.54. The van der Waals surface area contributed by atoms with E-state index in [1.807, 2.05) is 138 Å². The molecule has 4 aromatic heterocycles. The first kappa shape index (κ1) is 34.3. The van der Waals surface area contributed by atoms with Crippen LogP contribution in [0.1, 0.15) is 100 Å². The molecule has 0 N–H and O–H groups in total. The molecule has 0 atom stereocenters. The highest BCUT2D eigenvalue weighted by molar-refractivity contribution is 5.96. The highest BCUT2D eigenvalue weighted by atomic mass is 16.5. The van der Waals surface area contributed by atoms with Crippen molar-refractivity contribution >= 4 is 17.7 Å². The zero-order chi connectivity index (χ0) is 36.8. The molecule has 0 spiro atoms. The molecule has 0 aliphatic carbocycles. The van der Waals surface area contributed by atoms with Crippen molar-refractivity contribution in [1.82, 2.24) is 29.9 Å².